The third-order valence-corrected chi connectivity index (χ3v) is 6.23. The van der Waals surface area contributed by atoms with E-state index in [9.17, 15) is 4.79 Å². The van der Waals surface area contributed by atoms with Crippen molar-refractivity contribution < 1.29 is 4.79 Å². The first-order valence-electron chi connectivity index (χ1n) is 8.61. The number of rotatable bonds is 6. The SMILES string of the molecule is Cc1ccc(SCc2ccccc2)c(-c2csc(-n3cccc3C=O)n2)c1. The van der Waals surface area contributed by atoms with Crippen molar-refractivity contribution >= 4 is 29.4 Å². The fraction of sp³-hybridized carbons (Fsp3) is 0.0909. The fourth-order valence-electron chi connectivity index (χ4n) is 2.87. The van der Waals surface area contributed by atoms with Gasteiger partial charge in [-0.3, -0.25) is 9.36 Å². The van der Waals surface area contributed by atoms with E-state index in [1.165, 1.54) is 16.0 Å². The molecule has 0 radical (unpaired) electrons. The van der Waals surface area contributed by atoms with E-state index >= 15 is 0 Å². The van der Waals surface area contributed by atoms with Gasteiger partial charge in [-0.1, -0.05) is 42.0 Å². The van der Waals surface area contributed by atoms with E-state index in [-0.39, 0.29) is 0 Å². The maximum absolute atomic E-state index is 11.2. The molecule has 2 aromatic heterocycles. The van der Waals surface area contributed by atoms with Crippen LogP contribution in [0.2, 0.25) is 0 Å². The van der Waals surface area contributed by atoms with Crippen molar-refractivity contribution in [2.75, 3.05) is 0 Å². The molecule has 0 aliphatic carbocycles. The minimum absolute atomic E-state index is 0.610. The monoisotopic (exact) mass is 390 g/mol. The van der Waals surface area contributed by atoms with E-state index in [4.69, 9.17) is 4.98 Å². The Hall–Kier alpha value is -2.63. The van der Waals surface area contributed by atoms with E-state index in [0.29, 0.717) is 5.69 Å². The average molecular weight is 391 g/mol. The van der Waals surface area contributed by atoms with Gasteiger partial charge in [0.15, 0.2) is 11.4 Å². The van der Waals surface area contributed by atoms with Gasteiger partial charge in [-0.25, -0.2) is 4.98 Å². The van der Waals surface area contributed by atoms with Crippen molar-refractivity contribution in [1.29, 1.82) is 0 Å². The summed E-state index contributed by atoms with van der Waals surface area (Å²) in [4.78, 5) is 17.2. The zero-order chi connectivity index (χ0) is 18.6. The summed E-state index contributed by atoms with van der Waals surface area (Å²) in [5, 5.41) is 2.86. The van der Waals surface area contributed by atoms with Crippen LogP contribution in [0.15, 0.2) is 77.1 Å². The van der Waals surface area contributed by atoms with E-state index < -0.39 is 0 Å². The molecule has 0 aliphatic heterocycles. The second-order valence-electron chi connectivity index (χ2n) is 6.21. The standard InChI is InChI=1S/C22H18N2OS2/c1-16-9-10-21(26-14-17-6-3-2-4-7-17)19(12-16)20-15-27-22(23-20)24-11-5-8-18(24)13-25/h2-13,15H,14H2,1H3. The van der Waals surface area contributed by atoms with Gasteiger partial charge in [-0.2, -0.15) is 0 Å². The number of aldehydes is 1. The molecule has 0 bridgehead atoms. The largest absolute Gasteiger partial charge is 0.296 e. The number of aromatic nitrogens is 2. The predicted molar refractivity (Wildman–Crippen MR) is 113 cm³/mol. The summed E-state index contributed by atoms with van der Waals surface area (Å²) in [6, 6.07) is 20.6. The molecule has 4 aromatic rings. The number of aryl methyl sites for hydroxylation is 1. The van der Waals surface area contributed by atoms with Gasteiger partial charge in [-0.05, 0) is 36.8 Å². The average Bonchev–Trinajstić information content (AvgIpc) is 3.36. The maximum Gasteiger partial charge on any atom is 0.194 e. The number of thioether (sulfide) groups is 1. The second-order valence-corrected chi connectivity index (χ2v) is 8.06. The molecule has 0 unspecified atom stereocenters. The topological polar surface area (TPSA) is 34.9 Å². The third kappa shape index (κ3) is 3.89. The summed E-state index contributed by atoms with van der Waals surface area (Å²) in [7, 11) is 0. The van der Waals surface area contributed by atoms with E-state index in [0.717, 1.165) is 28.4 Å². The molecule has 0 saturated heterocycles. The van der Waals surface area contributed by atoms with Crippen LogP contribution >= 0.6 is 23.1 Å². The van der Waals surface area contributed by atoms with Crippen LogP contribution in [-0.4, -0.2) is 15.8 Å². The first kappa shape index (κ1) is 17.8. The van der Waals surface area contributed by atoms with Crippen LogP contribution in [0.5, 0.6) is 0 Å². The Kier molecular flexibility index (Phi) is 5.23. The highest BCUT2D eigenvalue weighted by atomic mass is 32.2. The molecular weight excluding hydrogens is 372 g/mol. The molecule has 2 aromatic carbocycles. The van der Waals surface area contributed by atoms with E-state index in [2.05, 4.69) is 54.8 Å². The Morgan fingerprint density at radius 1 is 1.11 bits per heavy atom. The normalized spacial score (nSPS) is 10.9. The summed E-state index contributed by atoms with van der Waals surface area (Å²) >= 11 is 3.36. The summed E-state index contributed by atoms with van der Waals surface area (Å²) in [5.74, 6) is 0.917. The third-order valence-electron chi connectivity index (χ3n) is 4.25. The summed E-state index contributed by atoms with van der Waals surface area (Å²) in [6.07, 6.45) is 2.72. The number of nitrogens with zero attached hydrogens (tertiary/aromatic N) is 2. The number of carbonyl (C=O) groups excluding carboxylic acids is 1. The van der Waals surface area contributed by atoms with Gasteiger partial charge in [0.25, 0.3) is 0 Å². The molecule has 0 spiro atoms. The number of hydrogen-bond acceptors (Lipinski definition) is 4. The molecular formula is C22H18N2OS2. The first-order chi connectivity index (χ1) is 13.2. The highest BCUT2D eigenvalue weighted by molar-refractivity contribution is 7.98. The van der Waals surface area contributed by atoms with Crippen molar-refractivity contribution in [2.24, 2.45) is 0 Å². The Morgan fingerprint density at radius 3 is 2.78 bits per heavy atom. The highest BCUT2D eigenvalue weighted by Gasteiger charge is 2.13. The van der Waals surface area contributed by atoms with Crippen LogP contribution in [0.3, 0.4) is 0 Å². The van der Waals surface area contributed by atoms with Crippen molar-refractivity contribution in [3.05, 3.63) is 89.1 Å². The summed E-state index contributed by atoms with van der Waals surface area (Å²) in [5.41, 5.74) is 5.20. The number of hydrogen-bond donors (Lipinski definition) is 0. The molecule has 0 N–H and O–H groups in total. The second kappa shape index (κ2) is 7.94. The predicted octanol–water partition coefficient (Wildman–Crippen LogP) is 6.01. The van der Waals surface area contributed by atoms with Crippen molar-refractivity contribution in [1.82, 2.24) is 9.55 Å². The maximum atomic E-state index is 11.2. The Labute approximate surface area is 166 Å². The van der Waals surface area contributed by atoms with Crippen LogP contribution in [0.4, 0.5) is 0 Å². The lowest BCUT2D eigenvalue weighted by molar-refractivity contribution is 0.111. The summed E-state index contributed by atoms with van der Waals surface area (Å²) in [6.45, 7) is 2.10. The number of benzene rings is 2. The lowest BCUT2D eigenvalue weighted by Crippen LogP contribution is -1.96. The van der Waals surface area contributed by atoms with Gasteiger partial charge in [0, 0.05) is 27.8 Å². The first-order valence-corrected chi connectivity index (χ1v) is 10.5. The van der Waals surface area contributed by atoms with Crippen LogP contribution in [0.1, 0.15) is 21.6 Å². The minimum atomic E-state index is 0.610. The Morgan fingerprint density at radius 2 is 1.96 bits per heavy atom. The zero-order valence-corrected chi connectivity index (χ0v) is 16.5. The van der Waals surface area contributed by atoms with Crippen LogP contribution in [-0.2, 0) is 5.75 Å². The highest BCUT2D eigenvalue weighted by Crippen LogP contribution is 2.35. The van der Waals surface area contributed by atoms with Crippen LogP contribution < -0.4 is 0 Å². The molecule has 27 heavy (non-hydrogen) atoms. The van der Waals surface area contributed by atoms with E-state index in [1.807, 2.05) is 34.7 Å². The molecule has 0 atom stereocenters. The van der Waals surface area contributed by atoms with Crippen molar-refractivity contribution in [2.45, 2.75) is 17.6 Å². The van der Waals surface area contributed by atoms with Gasteiger partial charge < -0.3 is 0 Å². The number of carbonyl (C=O) groups is 1. The smallest absolute Gasteiger partial charge is 0.194 e. The van der Waals surface area contributed by atoms with Crippen LogP contribution in [0.25, 0.3) is 16.4 Å². The molecule has 0 saturated carbocycles. The molecule has 4 rings (SSSR count). The van der Waals surface area contributed by atoms with Gasteiger partial charge in [0.2, 0.25) is 0 Å². The molecule has 5 heteroatoms. The number of thiazole rings is 1. The fourth-order valence-corrected chi connectivity index (χ4v) is 4.69. The molecule has 2 heterocycles. The molecule has 134 valence electrons. The van der Waals surface area contributed by atoms with Gasteiger partial charge in [0.05, 0.1) is 11.4 Å². The van der Waals surface area contributed by atoms with Gasteiger partial charge in [0.1, 0.15) is 0 Å². The molecule has 3 nitrogen and oxygen atoms in total. The lowest BCUT2D eigenvalue weighted by atomic mass is 10.1. The molecule has 0 aliphatic rings. The summed E-state index contributed by atoms with van der Waals surface area (Å²) < 4.78 is 1.83. The van der Waals surface area contributed by atoms with E-state index in [1.54, 1.807) is 17.4 Å². The Balaban J connectivity index is 1.65. The zero-order valence-electron chi connectivity index (χ0n) is 14.8. The minimum Gasteiger partial charge on any atom is -0.296 e. The van der Waals surface area contributed by atoms with Crippen molar-refractivity contribution in [3.8, 4) is 16.4 Å². The van der Waals surface area contributed by atoms with Crippen molar-refractivity contribution in [3.63, 3.8) is 0 Å². The van der Waals surface area contributed by atoms with Gasteiger partial charge >= 0.3 is 0 Å². The molecule has 0 fully saturated rings. The van der Waals surface area contributed by atoms with Crippen LogP contribution in [0, 0.1) is 6.92 Å². The quantitative estimate of drug-likeness (QED) is 0.298. The Bertz CT molecular complexity index is 1070. The van der Waals surface area contributed by atoms with Gasteiger partial charge in [-0.15, -0.1) is 23.1 Å². The molecule has 0 amide bonds. The lowest BCUT2D eigenvalue weighted by Gasteiger charge is -2.09.